The van der Waals surface area contributed by atoms with Crippen LogP contribution in [-0.2, 0) is 49.3 Å². The molecule has 3 N–H and O–H groups in total. The fourth-order valence-corrected chi connectivity index (χ4v) is 5.02. The minimum atomic E-state index is -0.875. The van der Waals surface area contributed by atoms with E-state index in [0.717, 1.165) is 83.2 Å². The van der Waals surface area contributed by atoms with Crippen molar-refractivity contribution in [2.24, 2.45) is 0 Å². The summed E-state index contributed by atoms with van der Waals surface area (Å²) in [5.74, 6) is -0.543. The second kappa shape index (κ2) is 39.7. The van der Waals surface area contributed by atoms with E-state index in [1.807, 2.05) is 20.8 Å². The van der Waals surface area contributed by atoms with E-state index >= 15 is 0 Å². The van der Waals surface area contributed by atoms with Gasteiger partial charge < -0.3 is 39.1 Å². The van der Waals surface area contributed by atoms with Gasteiger partial charge in [-0.25, -0.2) is 9.59 Å². The topological polar surface area (TPSA) is 200 Å². The zero-order valence-corrected chi connectivity index (χ0v) is 33.8. The Morgan fingerprint density at radius 1 is 0.839 bits per heavy atom. The standard InChI is InChI=1S/C20H26O4.C8H8O2.C8H16O2.C3H4O.C2H6.2CH2O2/c1-2-19(21)22-12-5-3-4-6-15-7-9-16(10-8-15)17-14-24-18-11-13-23-20(17)18;1-6-2-4-7(5-3-6)8(9)10;1-8(9)6-4-3-5-7-10-2;1-2-3-4;1-2;2*2-1-3/h2,7-10,17-18,20H,1,3-6,11-14H2;2-5H,1H3,(H,9,10);3-7H2,1-2H3;2-3H,1H2;1-2H3;2*1H,(H,2,3). The summed E-state index contributed by atoms with van der Waals surface area (Å²) in [6, 6.07) is 15.6. The van der Waals surface area contributed by atoms with Gasteiger partial charge in [-0.2, -0.15) is 0 Å². The van der Waals surface area contributed by atoms with Gasteiger partial charge in [-0.15, -0.1) is 0 Å². The third-order valence-corrected chi connectivity index (χ3v) is 7.67. The number of aryl methyl sites for hydroxylation is 2. The van der Waals surface area contributed by atoms with Crippen molar-refractivity contribution in [3.8, 4) is 0 Å². The fourth-order valence-electron chi connectivity index (χ4n) is 5.02. The van der Waals surface area contributed by atoms with E-state index in [4.69, 9.17) is 48.7 Å². The van der Waals surface area contributed by atoms with Gasteiger partial charge in [0.25, 0.3) is 12.9 Å². The lowest BCUT2D eigenvalue weighted by Gasteiger charge is -2.16. The number of Topliss-reactive ketones (excluding diaryl/α,β-unsaturated/α-hetero) is 1. The van der Waals surface area contributed by atoms with Crippen molar-refractivity contribution >= 4 is 37.0 Å². The molecular formula is C43H64O13. The first-order valence-electron chi connectivity index (χ1n) is 18.6. The number of aromatic carboxylic acids is 1. The largest absolute Gasteiger partial charge is 0.483 e. The molecule has 0 radical (unpaired) electrons. The molecule has 4 rings (SSSR count). The molecule has 2 aromatic carbocycles. The molecule has 2 heterocycles. The molecule has 56 heavy (non-hydrogen) atoms. The SMILES string of the molecule is C=CC(=O)OCCCCCc1ccc(C2COC3CCOC32)cc1.C=CC=O.CC.COCCCCCC(C)=O.Cc1ccc(C(=O)O)cc1.O=CO.O=CO. The average molecular weight is 789 g/mol. The number of carboxylic acid groups (broad SMARTS) is 3. The van der Waals surface area contributed by atoms with E-state index in [1.54, 1.807) is 38.3 Å². The summed E-state index contributed by atoms with van der Waals surface area (Å²) >= 11 is 0. The Balaban J connectivity index is -0.000000730. The van der Waals surface area contributed by atoms with Crippen LogP contribution >= 0.6 is 0 Å². The van der Waals surface area contributed by atoms with Gasteiger partial charge in [0.05, 0.1) is 31.0 Å². The number of carbonyl (C=O) groups is 6. The molecule has 0 aliphatic carbocycles. The van der Waals surface area contributed by atoms with E-state index in [2.05, 4.69) is 37.4 Å². The Kier molecular flexibility index (Phi) is 39.3. The van der Waals surface area contributed by atoms with Crippen LogP contribution in [0.1, 0.15) is 105 Å². The zero-order chi connectivity index (χ0) is 43.0. The van der Waals surface area contributed by atoms with Gasteiger partial charge in [0.1, 0.15) is 12.1 Å². The molecule has 13 nitrogen and oxygen atoms in total. The third-order valence-electron chi connectivity index (χ3n) is 7.67. The number of carboxylic acids is 1. The Bertz CT molecular complexity index is 1310. The molecule has 0 amide bonds. The molecule has 0 aromatic heterocycles. The molecular weight excluding hydrogens is 724 g/mol. The number of benzene rings is 2. The quantitative estimate of drug-likeness (QED) is 0.0648. The van der Waals surface area contributed by atoms with E-state index in [1.165, 1.54) is 23.3 Å². The van der Waals surface area contributed by atoms with Gasteiger partial charge in [-0.1, -0.05) is 75.4 Å². The molecule has 3 atom stereocenters. The number of unbranched alkanes of at least 4 members (excludes halogenated alkanes) is 4. The van der Waals surface area contributed by atoms with Crippen LogP contribution in [0.2, 0.25) is 0 Å². The highest BCUT2D eigenvalue weighted by molar-refractivity contribution is 5.87. The number of ketones is 1. The number of hydrogen-bond donors (Lipinski definition) is 3. The molecule has 3 unspecified atom stereocenters. The summed E-state index contributed by atoms with van der Waals surface area (Å²) < 4.78 is 21.5. The van der Waals surface area contributed by atoms with Crippen LogP contribution in [0.4, 0.5) is 0 Å². The lowest BCUT2D eigenvalue weighted by Crippen LogP contribution is -2.20. The number of carbonyl (C=O) groups excluding carboxylic acids is 3. The summed E-state index contributed by atoms with van der Waals surface area (Å²) in [7, 11) is 1.70. The molecule has 314 valence electrons. The molecule has 2 aliphatic rings. The van der Waals surface area contributed by atoms with Crippen molar-refractivity contribution in [2.45, 2.75) is 104 Å². The van der Waals surface area contributed by atoms with Crippen LogP contribution in [-0.4, -0.2) is 98.0 Å². The molecule has 2 aromatic rings. The average Bonchev–Trinajstić information content (AvgIpc) is 3.83. The van der Waals surface area contributed by atoms with Crippen molar-refractivity contribution in [1.29, 1.82) is 0 Å². The number of ether oxygens (including phenoxy) is 4. The molecule has 2 saturated heterocycles. The smallest absolute Gasteiger partial charge is 0.335 e. The Labute approximate surface area is 332 Å². The van der Waals surface area contributed by atoms with E-state index in [-0.39, 0.29) is 30.8 Å². The number of rotatable bonds is 16. The van der Waals surface area contributed by atoms with Crippen LogP contribution in [0.15, 0.2) is 73.8 Å². The first-order valence-corrected chi connectivity index (χ1v) is 18.6. The van der Waals surface area contributed by atoms with Gasteiger partial charge >= 0.3 is 11.9 Å². The van der Waals surface area contributed by atoms with Gasteiger partial charge in [-0.05, 0) is 88.1 Å². The Morgan fingerprint density at radius 3 is 1.89 bits per heavy atom. The van der Waals surface area contributed by atoms with Gasteiger partial charge in [0, 0.05) is 38.7 Å². The van der Waals surface area contributed by atoms with E-state index in [0.29, 0.717) is 30.5 Å². The number of hydrogen-bond acceptors (Lipinski definition) is 10. The van der Waals surface area contributed by atoms with Gasteiger partial charge in [0.15, 0.2) is 0 Å². The minimum absolute atomic E-state index is 0.245. The fraction of sp³-hybridized carbons (Fsp3) is 0.488. The second-order valence-corrected chi connectivity index (χ2v) is 11.8. The highest BCUT2D eigenvalue weighted by Crippen LogP contribution is 2.37. The van der Waals surface area contributed by atoms with Crippen LogP contribution in [0, 0.1) is 6.92 Å². The lowest BCUT2D eigenvalue weighted by molar-refractivity contribution is -0.138. The predicted octanol–water partition coefficient (Wildman–Crippen LogP) is 7.67. The van der Waals surface area contributed by atoms with Crippen LogP contribution in [0.3, 0.4) is 0 Å². The highest BCUT2D eigenvalue weighted by Gasteiger charge is 2.42. The van der Waals surface area contributed by atoms with Crippen molar-refractivity contribution in [3.63, 3.8) is 0 Å². The Morgan fingerprint density at radius 2 is 1.39 bits per heavy atom. The maximum Gasteiger partial charge on any atom is 0.335 e. The summed E-state index contributed by atoms with van der Waals surface area (Å²) in [5, 5.41) is 22.3. The summed E-state index contributed by atoms with van der Waals surface area (Å²) in [6.07, 6.45) is 12.6. The third kappa shape index (κ3) is 30.4. The van der Waals surface area contributed by atoms with Crippen LogP contribution in [0.25, 0.3) is 0 Å². The predicted molar refractivity (Wildman–Crippen MR) is 216 cm³/mol. The molecule has 0 saturated carbocycles. The number of aldehydes is 1. The zero-order valence-electron chi connectivity index (χ0n) is 33.8. The summed E-state index contributed by atoms with van der Waals surface area (Å²) in [4.78, 5) is 57.5. The lowest BCUT2D eigenvalue weighted by atomic mass is 9.92. The van der Waals surface area contributed by atoms with Gasteiger partial charge in [0.2, 0.25) is 0 Å². The molecule has 0 spiro atoms. The first kappa shape index (κ1) is 55.4. The number of fused-ring (bicyclic) bond motifs is 1. The monoisotopic (exact) mass is 788 g/mol. The summed E-state index contributed by atoms with van der Waals surface area (Å²) in [6.45, 7) is 16.4. The maximum absolute atomic E-state index is 10.9. The number of methoxy groups -OCH3 is 1. The minimum Gasteiger partial charge on any atom is -0.483 e. The van der Waals surface area contributed by atoms with Crippen LogP contribution in [0.5, 0.6) is 0 Å². The molecule has 2 fully saturated rings. The molecule has 13 heteroatoms. The van der Waals surface area contributed by atoms with Crippen molar-refractivity contribution in [3.05, 3.63) is 96.1 Å². The van der Waals surface area contributed by atoms with Crippen LogP contribution < -0.4 is 0 Å². The van der Waals surface area contributed by atoms with Crippen molar-refractivity contribution < 1.29 is 63.0 Å². The number of esters is 1. The number of allylic oxidation sites excluding steroid dienone is 1. The first-order chi connectivity index (χ1) is 27.0. The maximum atomic E-state index is 10.9. The summed E-state index contributed by atoms with van der Waals surface area (Å²) in [5.41, 5.74) is 4.09. The van der Waals surface area contributed by atoms with E-state index in [9.17, 15) is 14.4 Å². The van der Waals surface area contributed by atoms with Crippen molar-refractivity contribution in [1.82, 2.24) is 0 Å². The Hall–Kier alpha value is -4.98. The molecule has 0 bridgehead atoms. The normalized spacial score (nSPS) is 15.2. The second-order valence-electron chi connectivity index (χ2n) is 11.8. The highest BCUT2D eigenvalue weighted by atomic mass is 16.6. The van der Waals surface area contributed by atoms with Gasteiger partial charge in [-0.3, -0.25) is 14.4 Å². The van der Waals surface area contributed by atoms with E-state index < -0.39 is 5.97 Å². The van der Waals surface area contributed by atoms with Crippen molar-refractivity contribution in [2.75, 3.05) is 33.5 Å². The molecule has 2 aliphatic heterocycles.